The fourth-order valence-electron chi connectivity index (χ4n) is 1.44. The van der Waals surface area contributed by atoms with Gasteiger partial charge in [-0.1, -0.05) is 5.16 Å². The third-order valence-corrected chi connectivity index (χ3v) is 2.26. The number of nitrogens with one attached hydrogen (secondary N) is 1. The van der Waals surface area contributed by atoms with Gasteiger partial charge in [0, 0.05) is 23.0 Å². The Hall–Kier alpha value is -2.11. The normalized spacial score (nSPS) is 10.8. The van der Waals surface area contributed by atoms with E-state index in [1.165, 1.54) is 18.4 Å². The molecule has 0 aliphatic carbocycles. The van der Waals surface area contributed by atoms with E-state index < -0.39 is 6.43 Å². The molecular formula is C11H11F2N3O. The van der Waals surface area contributed by atoms with Crippen LogP contribution in [-0.2, 0) is 6.54 Å². The van der Waals surface area contributed by atoms with Crippen molar-refractivity contribution in [2.24, 2.45) is 0 Å². The van der Waals surface area contributed by atoms with E-state index in [4.69, 9.17) is 5.73 Å². The van der Waals surface area contributed by atoms with Gasteiger partial charge >= 0.3 is 0 Å². The number of benzene rings is 1. The Bertz CT molecular complexity index is 485. The number of hydrogen-bond donors (Lipinski definition) is 2. The molecule has 2 rings (SSSR count). The van der Waals surface area contributed by atoms with Crippen LogP contribution in [-0.4, -0.2) is 5.16 Å². The molecular weight excluding hydrogens is 228 g/mol. The first-order valence-electron chi connectivity index (χ1n) is 4.97. The molecule has 0 unspecified atom stereocenters. The SMILES string of the molecule is Nc1ccc(NCc2ccon2)c(C(F)F)c1. The van der Waals surface area contributed by atoms with Gasteiger partial charge in [0.1, 0.15) is 12.0 Å². The Morgan fingerprint density at radius 1 is 1.35 bits per heavy atom. The molecule has 0 saturated heterocycles. The minimum absolute atomic E-state index is 0.117. The Kier molecular flexibility index (Phi) is 3.22. The lowest BCUT2D eigenvalue weighted by atomic mass is 10.1. The fraction of sp³-hybridized carbons (Fsp3) is 0.182. The van der Waals surface area contributed by atoms with Gasteiger partial charge in [0.25, 0.3) is 6.43 Å². The second-order valence-electron chi connectivity index (χ2n) is 3.49. The van der Waals surface area contributed by atoms with Crippen molar-refractivity contribution in [3.63, 3.8) is 0 Å². The Morgan fingerprint density at radius 2 is 2.18 bits per heavy atom. The fourth-order valence-corrected chi connectivity index (χ4v) is 1.44. The number of aromatic nitrogens is 1. The van der Waals surface area contributed by atoms with Crippen LogP contribution in [0.3, 0.4) is 0 Å². The summed E-state index contributed by atoms with van der Waals surface area (Å²) in [6, 6.07) is 6.01. The molecule has 0 aliphatic heterocycles. The van der Waals surface area contributed by atoms with Crippen molar-refractivity contribution in [2.75, 3.05) is 11.1 Å². The molecule has 17 heavy (non-hydrogen) atoms. The first-order chi connectivity index (χ1) is 8.16. The molecule has 1 aromatic heterocycles. The summed E-state index contributed by atoms with van der Waals surface area (Å²) in [6.07, 6.45) is -1.15. The molecule has 0 radical (unpaired) electrons. The van der Waals surface area contributed by atoms with Crippen LogP contribution in [0.2, 0.25) is 0 Å². The van der Waals surface area contributed by atoms with Gasteiger partial charge in [-0.05, 0) is 18.2 Å². The number of nitrogen functional groups attached to an aromatic ring is 1. The van der Waals surface area contributed by atoms with E-state index in [-0.39, 0.29) is 5.56 Å². The Labute approximate surface area is 96.4 Å². The summed E-state index contributed by atoms with van der Waals surface area (Å²) in [5.74, 6) is 0. The van der Waals surface area contributed by atoms with Gasteiger partial charge < -0.3 is 15.6 Å². The molecule has 90 valence electrons. The van der Waals surface area contributed by atoms with Gasteiger partial charge in [0.15, 0.2) is 0 Å². The molecule has 0 fully saturated rings. The van der Waals surface area contributed by atoms with Crippen LogP contribution >= 0.6 is 0 Å². The number of hydrogen-bond acceptors (Lipinski definition) is 4. The summed E-state index contributed by atoms with van der Waals surface area (Å²) >= 11 is 0. The molecule has 1 heterocycles. The van der Waals surface area contributed by atoms with Gasteiger partial charge in [0.05, 0.1) is 6.54 Å². The van der Waals surface area contributed by atoms with Crippen LogP contribution < -0.4 is 11.1 Å². The highest BCUT2D eigenvalue weighted by atomic mass is 19.3. The lowest BCUT2D eigenvalue weighted by Crippen LogP contribution is -2.03. The predicted octanol–water partition coefficient (Wildman–Crippen LogP) is 2.81. The van der Waals surface area contributed by atoms with E-state index >= 15 is 0 Å². The van der Waals surface area contributed by atoms with Gasteiger partial charge in [-0.3, -0.25) is 0 Å². The first-order valence-corrected chi connectivity index (χ1v) is 4.97. The second-order valence-corrected chi connectivity index (χ2v) is 3.49. The molecule has 0 spiro atoms. The van der Waals surface area contributed by atoms with Gasteiger partial charge in [0.2, 0.25) is 0 Å². The summed E-state index contributed by atoms with van der Waals surface area (Å²) in [5.41, 5.74) is 6.65. The molecule has 0 atom stereocenters. The zero-order chi connectivity index (χ0) is 12.3. The Balaban J connectivity index is 2.14. The van der Waals surface area contributed by atoms with Crippen molar-refractivity contribution in [2.45, 2.75) is 13.0 Å². The summed E-state index contributed by atoms with van der Waals surface area (Å²) in [6.45, 7) is 0.320. The maximum absolute atomic E-state index is 12.7. The zero-order valence-corrected chi connectivity index (χ0v) is 8.86. The molecule has 0 amide bonds. The van der Waals surface area contributed by atoms with Crippen molar-refractivity contribution >= 4 is 11.4 Å². The van der Waals surface area contributed by atoms with Gasteiger partial charge in [-0.2, -0.15) is 0 Å². The highest BCUT2D eigenvalue weighted by molar-refractivity contribution is 5.58. The third kappa shape index (κ3) is 2.72. The number of rotatable bonds is 4. The predicted molar refractivity (Wildman–Crippen MR) is 59.6 cm³/mol. The third-order valence-electron chi connectivity index (χ3n) is 2.26. The number of nitrogens with two attached hydrogens (primary N) is 1. The van der Waals surface area contributed by atoms with Crippen LogP contribution in [0.5, 0.6) is 0 Å². The monoisotopic (exact) mass is 239 g/mol. The van der Waals surface area contributed by atoms with Crippen molar-refractivity contribution < 1.29 is 13.3 Å². The van der Waals surface area contributed by atoms with Crippen LogP contribution in [0.1, 0.15) is 17.7 Å². The Morgan fingerprint density at radius 3 is 2.82 bits per heavy atom. The number of anilines is 2. The average molecular weight is 239 g/mol. The lowest BCUT2D eigenvalue weighted by molar-refractivity contribution is 0.152. The highest BCUT2D eigenvalue weighted by Crippen LogP contribution is 2.29. The van der Waals surface area contributed by atoms with Gasteiger partial charge in [-0.25, -0.2) is 8.78 Å². The molecule has 3 N–H and O–H groups in total. The lowest BCUT2D eigenvalue weighted by Gasteiger charge is -2.11. The van der Waals surface area contributed by atoms with E-state index in [0.29, 0.717) is 23.6 Å². The topological polar surface area (TPSA) is 64.1 Å². The number of halogens is 2. The number of alkyl halides is 2. The molecule has 0 aliphatic rings. The van der Waals surface area contributed by atoms with Crippen LogP contribution in [0, 0.1) is 0 Å². The average Bonchev–Trinajstić information content (AvgIpc) is 2.80. The number of nitrogens with zero attached hydrogens (tertiary/aromatic N) is 1. The summed E-state index contributed by atoms with van der Waals surface area (Å²) < 4.78 is 30.1. The van der Waals surface area contributed by atoms with E-state index in [1.54, 1.807) is 12.1 Å². The zero-order valence-electron chi connectivity index (χ0n) is 8.86. The maximum Gasteiger partial charge on any atom is 0.265 e. The maximum atomic E-state index is 12.7. The largest absolute Gasteiger partial charge is 0.399 e. The highest BCUT2D eigenvalue weighted by Gasteiger charge is 2.13. The smallest absolute Gasteiger partial charge is 0.265 e. The quantitative estimate of drug-likeness (QED) is 0.805. The van der Waals surface area contributed by atoms with Crippen LogP contribution in [0.4, 0.5) is 20.2 Å². The summed E-state index contributed by atoms with van der Waals surface area (Å²) in [7, 11) is 0. The summed E-state index contributed by atoms with van der Waals surface area (Å²) in [4.78, 5) is 0. The van der Waals surface area contributed by atoms with Gasteiger partial charge in [-0.15, -0.1) is 0 Å². The summed E-state index contributed by atoms with van der Waals surface area (Å²) in [5, 5.41) is 6.54. The van der Waals surface area contributed by atoms with Crippen LogP contribution in [0.15, 0.2) is 35.1 Å². The van der Waals surface area contributed by atoms with Crippen LogP contribution in [0.25, 0.3) is 0 Å². The van der Waals surface area contributed by atoms with E-state index in [1.807, 2.05) is 0 Å². The minimum atomic E-state index is -2.57. The molecule has 0 bridgehead atoms. The molecule has 4 nitrogen and oxygen atoms in total. The molecule has 0 saturated carbocycles. The van der Waals surface area contributed by atoms with Crippen molar-refractivity contribution in [1.82, 2.24) is 5.16 Å². The first kappa shape index (κ1) is 11.4. The van der Waals surface area contributed by atoms with Crippen molar-refractivity contribution in [3.05, 3.63) is 41.8 Å². The standard InChI is InChI=1S/C11H11F2N3O/c12-11(13)9-5-7(14)1-2-10(9)15-6-8-3-4-17-16-8/h1-5,11,15H,6,14H2. The van der Waals surface area contributed by atoms with Crippen molar-refractivity contribution in [1.29, 1.82) is 0 Å². The molecule has 2 aromatic rings. The van der Waals surface area contributed by atoms with Crippen molar-refractivity contribution in [3.8, 4) is 0 Å². The van der Waals surface area contributed by atoms with E-state index in [2.05, 4.69) is 15.0 Å². The van der Waals surface area contributed by atoms with E-state index in [0.717, 1.165) is 0 Å². The molecule has 6 heteroatoms. The minimum Gasteiger partial charge on any atom is -0.399 e. The van der Waals surface area contributed by atoms with E-state index in [9.17, 15) is 8.78 Å². The second kappa shape index (κ2) is 4.82. The molecule has 1 aromatic carbocycles.